The molecule has 1 unspecified atom stereocenters. The van der Waals surface area contributed by atoms with Crippen molar-refractivity contribution in [2.45, 2.75) is 37.0 Å². The molecule has 1 amide bonds. The van der Waals surface area contributed by atoms with Crippen LogP contribution in [0, 0.1) is 0 Å². The Hall–Kier alpha value is -1.44. The van der Waals surface area contributed by atoms with Crippen molar-refractivity contribution in [1.82, 2.24) is 10.2 Å². The maximum Gasteiger partial charge on any atom is 0.242 e. The quantitative estimate of drug-likeness (QED) is 0.711. The number of ketones is 1. The van der Waals surface area contributed by atoms with Crippen molar-refractivity contribution in [3.05, 3.63) is 34.9 Å². The smallest absolute Gasteiger partial charge is 0.242 e. The molecule has 0 saturated carbocycles. The molecule has 1 aromatic rings. The molecular formula is C20H25N3O2S2. The third-order valence-electron chi connectivity index (χ3n) is 5.38. The van der Waals surface area contributed by atoms with Gasteiger partial charge in [0, 0.05) is 30.3 Å². The topological polar surface area (TPSA) is 75.4 Å². The summed E-state index contributed by atoms with van der Waals surface area (Å²) >= 11 is 3.35. The second kappa shape index (κ2) is 8.29. The third kappa shape index (κ3) is 4.20. The highest BCUT2D eigenvalue weighted by atomic mass is 32.2. The number of rotatable bonds is 6. The van der Waals surface area contributed by atoms with E-state index in [4.69, 9.17) is 5.73 Å². The van der Waals surface area contributed by atoms with Gasteiger partial charge >= 0.3 is 0 Å². The Morgan fingerprint density at radius 3 is 3.04 bits per heavy atom. The molecule has 0 spiro atoms. The van der Waals surface area contributed by atoms with Gasteiger partial charge < -0.3 is 10.6 Å². The fourth-order valence-corrected chi connectivity index (χ4v) is 6.05. The lowest BCUT2D eigenvalue weighted by Gasteiger charge is -2.22. The summed E-state index contributed by atoms with van der Waals surface area (Å²) in [5.41, 5.74) is 10.5. The molecule has 7 heteroatoms. The van der Waals surface area contributed by atoms with Crippen LogP contribution < -0.4 is 11.1 Å². The summed E-state index contributed by atoms with van der Waals surface area (Å²) in [6.45, 7) is 0.798. The minimum atomic E-state index is -0.348. The van der Waals surface area contributed by atoms with E-state index in [0.29, 0.717) is 12.3 Å². The molecule has 4 rings (SSSR count). The van der Waals surface area contributed by atoms with E-state index in [0.717, 1.165) is 43.1 Å². The number of hydrogen-bond acceptors (Lipinski definition) is 6. The van der Waals surface area contributed by atoms with Gasteiger partial charge in [-0.25, -0.2) is 0 Å². The molecule has 3 N–H and O–H groups in total. The molecule has 5 nitrogen and oxygen atoms in total. The van der Waals surface area contributed by atoms with Crippen LogP contribution in [0.3, 0.4) is 0 Å². The number of thioether (sulfide) groups is 2. The predicted octanol–water partition coefficient (Wildman–Crippen LogP) is 2.51. The summed E-state index contributed by atoms with van der Waals surface area (Å²) in [5.74, 6) is 2.72. The maximum atomic E-state index is 12.7. The Balaban J connectivity index is 1.28. The first-order valence-corrected chi connectivity index (χ1v) is 11.6. The number of carbonyl (C=O) groups excluding carboxylic acids is 2. The van der Waals surface area contributed by atoms with Gasteiger partial charge in [0.05, 0.1) is 11.1 Å². The Bertz CT molecular complexity index is 774. The first kappa shape index (κ1) is 18.9. The van der Waals surface area contributed by atoms with Gasteiger partial charge in [0.25, 0.3) is 0 Å². The largest absolute Gasteiger partial charge is 0.399 e. The Kier molecular flexibility index (Phi) is 5.80. The zero-order valence-corrected chi connectivity index (χ0v) is 16.9. The van der Waals surface area contributed by atoms with Gasteiger partial charge in [0.2, 0.25) is 5.91 Å². The molecule has 0 aromatic heterocycles. The Morgan fingerprint density at radius 2 is 2.22 bits per heavy atom. The van der Waals surface area contributed by atoms with Crippen molar-refractivity contribution < 1.29 is 9.59 Å². The molecule has 2 aliphatic heterocycles. The lowest BCUT2D eigenvalue weighted by Crippen LogP contribution is -2.49. The Labute approximate surface area is 168 Å². The molecule has 1 aromatic carbocycles. The number of hydrogen-bond donors (Lipinski definition) is 2. The number of nitrogens with one attached hydrogen (secondary N) is 1. The predicted molar refractivity (Wildman–Crippen MR) is 114 cm³/mol. The molecule has 3 aliphatic rings. The number of carbonyl (C=O) groups is 2. The van der Waals surface area contributed by atoms with E-state index >= 15 is 0 Å². The summed E-state index contributed by atoms with van der Waals surface area (Å²) in [6.07, 6.45) is 5.46. The average molecular weight is 404 g/mol. The molecule has 0 radical (unpaired) electrons. The van der Waals surface area contributed by atoms with Crippen LogP contribution in [0.1, 0.15) is 30.4 Å². The van der Waals surface area contributed by atoms with Crippen molar-refractivity contribution in [3.8, 4) is 0 Å². The van der Waals surface area contributed by atoms with Gasteiger partial charge in [-0.3, -0.25) is 14.9 Å². The number of amides is 1. The highest BCUT2D eigenvalue weighted by molar-refractivity contribution is 8.01. The van der Waals surface area contributed by atoms with Gasteiger partial charge in [0.15, 0.2) is 0 Å². The van der Waals surface area contributed by atoms with E-state index in [2.05, 4.69) is 17.5 Å². The van der Waals surface area contributed by atoms with Crippen molar-refractivity contribution in [2.75, 3.05) is 29.8 Å². The first-order valence-electron chi connectivity index (χ1n) is 9.44. The summed E-state index contributed by atoms with van der Waals surface area (Å²) in [5, 5.41) is 2.99. The number of fused-ring (bicyclic) bond motifs is 1. The van der Waals surface area contributed by atoms with Crippen molar-refractivity contribution in [3.63, 3.8) is 0 Å². The monoisotopic (exact) mass is 403 g/mol. The van der Waals surface area contributed by atoms with Crippen molar-refractivity contribution >= 4 is 47.0 Å². The van der Waals surface area contributed by atoms with E-state index in [9.17, 15) is 9.59 Å². The zero-order chi connectivity index (χ0) is 18.8. The van der Waals surface area contributed by atoms with E-state index in [-0.39, 0.29) is 23.0 Å². The molecular weight excluding hydrogens is 378 g/mol. The number of allylic oxidation sites excluding steroid dienone is 1. The van der Waals surface area contributed by atoms with E-state index in [1.165, 1.54) is 16.7 Å². The second-order valence-corrected chi connectivity index (χ2v) is 9.51. The Morgan fingerprint density at radius 1 is 1.33 bits per heavy atom. The van der Waals surface area contributed by atoms with Crippen LogP contribution in [0.4, 0.5) is 5.69 Å². The normalized spacial score (nSPS) is 24.1. The van der Waals surface area contributed by atoms with Gasteiger partial charge in [-0.05, 0) is 42.5 Å². The molecule has 144 valence electrons. The molecule has 1 aliphatic carbocycles. The average Bonchev–Trinajstić information content (AvgIpc) is 3.40. The van der Waals surface area contributed by atoms with E-state index in [1.54, 1.807) is 23.5 Å². The number of nitrogen functional groups attached to an aromatic ring is 1. The molecule has 2 saturated heterocycles. The fraction of sp³-hybridized carbons (Fsp3) is 0.500. The highest BCUT2D eigenvalue weighted by Gasteiger charge is 2.40. The van der Waals surface area contributed by atoms with Gasteiger partial charge in [-0.2, -0.15) is 0 Å². The van der Waals surface area contributed by atoms with E-state index < -0.39 is 0 Å². The number of anilines is 1. The minimum Gasteiger partial charge on any atom is -0.399 e. The second-order valence-electron chi connectivity index (χ2n) is 7.31. The summed E-state index contributed by atoms with van der Waals surface area (Å²) in [6, 6.07) is 5.70. The van der Waals surface area contributed by atoms with Crippen molar-refractivity contribution in [1.29, 1.82) is 0 Å². The minimum absolute atomic E-state index is 0.0925. The molecule has 2 fully saturated rings. The lowest BCUT2D eigenvalue weighted by molar-refractivity contribution is -0.133. The number of nitrogens with two attached hydrogens (primary N) is 1. The van der Waals surface area contributed by atoms with Crippen LogP contribution in [0.25, 0.3) is 6.08 Å². The van der Waals surface area contributed by atoms with Crippen LogP contribution >= 0.6 is 23.5 Å². The van der Waals surface area contributed by atoms with Gasteiger partial charge in [-0.1, -0.05) is 17.7 Å². The third-order valence-corrected chi connectivity index (χ3v) is 7.58. The van der Waals surface area contributed by atoms with Crippen LogP contribution in [0.15, 0.2) is 23.8 Å². The first-order chi connectivity index (χ1) is 13.1. The summed E-state index contributed by atoms with van der Waals surface area (Å²) in [7, 11) is 0. The zero-order valence-electron chi connectivity index (χ0n) is 15.3. The number of benzene rings is 1. The maximum absolute atomic E-state index is 12.7. The molecule has 2 heterocycles. The van der Waals surface area contributed by atoms with Crippen LogP contribution in [0.5, 0.6) is 0 Å². The summed E-state index contributed by atoms with van der Waals surface area (Å²) < 4.78 is 0. The fourth-order valence-electron chi connectivity index (χ4n) is 3.93. The summed E-state index contributed by atoms with van der Waals surface area (Å²) in [4.78, 5) is 27.3. The molecule has 0 bridgehead atoms. The SMILES string of the molecule is Nc1ccc2c(c1)C=C(CCCC(=O)C1SCN[C@@H]1C(=O)N1CCSC1)C2. The molecule has 2 atom stereocenters. The molecule has 27 heavy (non-hydrogen) atoms. The van der Waals surface area contributed by atoms with Crippen LogP contribution in [-0.2, 0) is 16.0 Å². The van der Waals surface area contributed by atoms with Crippen LogP contribution in [-0.4, -0.2) is 51.9 Å². The van der Waals surface area contributed by atoms with Gasteiger partial charge in [-0.15, -0.1) is 23.5 Å². The highest BCUT2D eigenvalue weighted by Crippen LogP contribution is 2.31. The van der Waals surface area contributed by atoms with E-state index in [1.807, 2.05) is 17.0 Å². The van der Waals surface area contributed by atoms with Crippen LogP contribution in [0.2, 0.25) is 0 Å². The number of nitrogens with zero attached hydrogens (tertiary/aromatic N) is 1. The lowest BCUT2D eigenvalue weighted by atomic mass is 10.0. The standard InChI is InChI=1S/C20H25N3O2S2/c21-16-5-4-14-8-13(9-15(14)10-16)2-1-3-17(24)19-18(22-11-27-19)20(25)23-6-7-26-12-23/h4-5,9-10,18-19,22H,1-3,6-8,11-12,21H2/t18-,19?/m0/s1. The van der Waals surface area contributed by atoms with Crippen molar-refractivity contribution in [2.24, 2.45) is 0 Å². The van der Waals surface area contributed by atoms with Gasteiger partial charge in [0.1, 0.15) is 11.8 Å². The number of Topliss-reactive ketones (excluding diaryl/α,β-unsaturated/α-hetero) is 1.